The van der Waals surface area contributed by atoms with Gasteiger partial charge in [-0.1, -0.05) is 0 Å². The van der Waals surface area contributed by atoms with Gasteiger partial charge in [-0.15, -0.1) is 0 Å². The van der Waals surface area contributed by atoms with Crippen LogP contribution in [0.4, 0.5) is 0 Å². The molecule has 1 aliphatic heterocycles. The molecule has 0 bridgehead atoms. The molecule has 1 aromatic heterocycles. The highest BCUT2D eigenvalue weighted by molar-refractivity contribution is 8.06. The first-order valence-electron chi connectivity index (χ1n) is 6.77. The van der Waals surface area contributed by atoms with Gasteiger partial charge in [-0.3, -0.25) is 0 Å². The summed E-state index contributed by atoms with van der Waals surface area (Å²) in [6.07, 6.45) is 0. The van der Waals surface area contributed by atoms with Gasteiger partial charge in [0.25, 0.3) is 0 Å². The Kier molecular flexibility index (Phi) is 4.71. The summed E-state index contributed by atoms with van der Waals surface area (Å²) in [5.41, 5.74) is 2.07. The number of benzene rings is 1. The molecule has 21 heavy (non-hydrogen) atoms. The van der Waals surface area contributed by atoms with E-state index in [0.717, 1.165) is 33.8 Å². The Bertz CT molecular complexity index is 689. The fourth-order valence-electron chi connectivity index (χ4n) is 2.51. The minimum Gasteiger partial charge on any atom is -0.493 e. The van der Waals surface area contributed by atoms with Crippen molar-refractivity contribution in [1.29, 1.82) is 0 Å². The summed E-state index contributed by atoms with van der Waals surface area (Å²) in [5, 5.41) is 0.613. The molecule has 1 unspecified atom stereocenters. The SMILES string of the molecule is COc1cc2[nH]c(=S)n(CC3CSCCS3)c2cc1OC. The molecule has 0 amide bonds. The lowest BCUT2D eigenvalue weighted by molar-refractivity contribution is 0.355. The third kappa shape index (κ3) is 3.05. The van der Waals surface area contributed by atoms with E-state index in [1.54, 1.807) is 14.2 Å². The van der Waals surface area contributed by atoms with Crippen LogP contribution in [0.3, 0.4) is 0 Å². The average Bonchev–Trinajstić information content (AvgIpc) is 2.82. The quantitative estimate of drug-likeness (QED) is 0.860. The third-order valence-corrected chi connectivity index (χ3v) is 6.70. The van der Waals surface area contributed by atoms with Gasteiger partial charge >= 0.3 is 0 Å². The second-order valence-corrected chi connectivity index (χ2v) is 7.78. The lowest BCUT2D eigenvalue weighted by Crippen LogP contribution is -2.20. The molecule has 0 radical (unpaired) electrons. The van der Waals surface area contributed by atoms with Crippen LogP contribution in [0.25, 0.3) is 11.0 Å². The number of thioether (sulfide) groups is 2. The van der Waals surface area contributed by atoms with Crippen molar-refractivity contribution in [2.75, 3.05) is 31.5 Å². The van der Waals surface area contributed by atoms with Gasteiger partial charge in [0.15, 0.2) is 16.3 Å². The number of methoxy groups -OCH3 is 2. The van der Waals surface area contributed by atoms with Crippen LogP contribution in [-0.2, 0) is 6.54 Å². The van der Waals surface area contributed by atoms with Gasteiger partial charge in [0, 0.05) is 41.2 Å². The van der Waals surface area contributed by atoms with E-state index in [0.29, 0.717) is 5.25 Å². The first-order chi connectivity index (χ1) is 10.2. The minimum absolute atomic E-state index is 0.613. The Morgan fingerprint density at radius 3 is 2.71 bits per heavy atom. The summed E-state index contributed by atoms with van der Waals surface area (Å²) < 4.78 is 13.7. The van der Waals surface area contributed by atoms with Crippen LogP contribution in [0.5, 0.6) is 11.5 Å². The number of aromatic amines is 1. The molecule has 1 aliphatic rings. The van der Waals surface area contributed by atoms with Crippen molar-refractivity contribution in [2.24, 2.45) is 0 Å². The van der Waals surface area contributed by atoms with E-state index < -0.39 is 0 Å². The topological polar surface area (TPSA) is 39.2 Å². The van der Waals surface area contributed by atoms with E-state index in [2.05, 4.69) is 9.55 Å². The van der Waals surface area contributed by atoms with Crippen molar-refractivity contribution >= 4 is 46.8 Å². The zero-order chi connectivity index (χ0) is 14.8. The predicted molar refractivity (Wildman–Crippen MR) is 93.8 cm³/mol. The predicted octanol–water partition coefficient (Wildman–Crippen LogP) is 3.56. The second kappa shape index (κ2) is 6.54. The Morgan fingerprint density at radius 1 is 1.29 bits per heavy atom. The lowest BCUT2D eigenvalue weighted by Gasteiger charge is -2.21. The number of fused-ring (bicyclic) bond motifs is 1. The standard InChI is InChI=1S/C14H18N2O2S3/c1-17-12-5-10-11(6-13(12)18-2)16(14(19)15-10)7-9-8-20-3-4-21-9/h5-6,9H,3-4,7-8H2,1-2H3,(H,15,19). The van der Waals surface area contributed by atoms with Gasteiger partial charge in [0.05, 0.1) is 25.3 Å². The highest BCUT2D eigenvalue weighted by atomic mass is 32.2. The summed E-state index contributed by atoms with van der Waals surface area (Å²) in [6, 6.07) is 3.95. The van der Waals surface area contributed by atoms with Crippen molar-refractivity contribution in [3.8, 4) is 11.5 Å². The van der Waals surface area contributed by atoms with E-state index in [1.807, 2.05) is 35.7 Å². The molecule has 1 saturated heterocycles. The molecule has 7 heteroatoms. The fraction of sp³-hybridized carbons (Fsp3) is 0.500. The zero-order valence-corrected chi connectivity index (χ0v) is 14.5. The monoisotopic (exact) mass is 342 g/mol. The number of H-pyrrole nitrogens is 1. The first-order valence-corrected chi connectivity index (χ1v) is 9.38. The smallest absolute Gasteiger partial charge is 0.178 e. The second-order valence-electron chi connectivity index (χ2n) is 4.83. The van der Waals surface area contributed by atoms with Gasteiger partial charge in [0.2, 0.25) is 0 Å². The van der Waals surface area contributed by atoms with Gasteiger partial charge in [-0.2, -0.15) is 23.5 Å². The molecule has 0 spiro atoms. The normalized spacial score (nSPS) is 18.9. The summed E-state index contributed by atoms with van der Waals surface area (Å²) in [7, 11) is 3.30. The number of rotatable bonds is 4. The van der Waals surface area contributed by atoms with E-state index >= 15 is 0 Å². The van der Waals surface area contributed by atoms with Crippen molar-refractivity contribution in [1.82, 2.24) is 9.55 Å². The van der Waals surface area contributed by atoms with Crippen LogP contribution in [0.1, 0.15) is 0 Å². The lowest BCUT2D eigenvalue weighted by atomic mass is 10.2. The molecular formula is C14H18N2O2S3. The van der Waals surface area contributed by atoms with E-state index in [4.69, 9.17) is 21.7 Å². The molecule has 1 aromatic carbocycles. The zero-order valence-electron chi connectivity index (χ0n) is 12.0. The van der Waals surface area contributed by atoms with E-state index in [9.17, 15) is 0 Å². The third-order valence-electron chi connectivity index (χ3n) is 3.55. The maximum Gasteiger partial charge on any atom is 0.178 e. The number of aromatic nitrogens is 2. The van der Waals surface area contributed by atoms with Gasteiger partial charge in [0.1, 0.15) is 0 Å². The molecular weight excluding hydrogens is 324 g/mol. The van der Waals surface area contributed by atoms with Crippen molar-refractivity contribution in [2.45, 2.75) is 11.8 Å². The number of imidazole rings is 1. The Balaban J connectivity index is 2.01. The van der Waals surface area contributed by atoms with Crippen LogP contribution in [-0.4, -0.2) is 46.3 Å². The van der Waals surface area contributed by atoms with Crippen LogP contribution in [0.15, 0.2) is 12.1 Å². The molecule has 3 rings (SSSR count). The van der Waals surface area contributed by atoms with E-state index in [-0.39, 0.29) is 0 Å². The van der Waals surface area contributed by atoms with Crippen molar-refractivity contribution < 1.29 is 9.47 Å². The molecule has 1 N–H and O–H groups in total. The Hall–Kier alpha value is -0.790. The van der Waals surface area contributed by atoms with Crippen molar-refractivity contribution in [3.63, 3.8) is 0 Å². The summed E-state index contributed by atoms with van der Waals surface area (Å²) in [6.45, 7) is 0.936. The molecule has 0 saturated carbocycles. The number of ether oxygens (including phenoxy) is 2. The molecule has 4 nitrogen and oxygen atoms in total. The summed E-state index contributed by atoms with van der Waals surface area (Å²) >= 11 is 9.56. The van der Waals surface area contributed by atoms with Crippen LogP contribution < -0.4 is 9.47 Å². The van der Waals surface area contributed by atoms with Gasteiger partial charge in [-0.25, -0.2) is 0 Å². The first kappa shape index (κ1) is 15.1. The average molecular weight is 343 g/mol. The highest BCUT2D eigenvalue weighted by Crippen LogP contribution is 2.33. The summed E-state index contributed by atoms with van der Waals surface area (Å²) in [4.78, 5) is 3.27. The van der Waals surface area contributed by atoms with Crippen LogP contribution in [0.2, 0.25) is 0 Å². The molecule has 114 valence electrons. The van der Waals surface area contributed by atoms with Gasteiger partial charge < -0.3 is 19.0 Å². The Morgan fingerprint density at radius 2 is 2.05 bits per heavy atom. The van der Waals surface area contributed by atoms with E-state index in [1.165, 1.54) is 17.3 Å². The van der Waals surface area contributed by atoms with Crippen molar-refractivity contribution in [3.05, 3.63) is 16.9 Å². The molecule has 1 atom stereocenters. The van der Waals surface area contributed by atoms with Gasteiger partial charge in [-0.05, 0) is 12.2 Å². The van der Waals surface area contributed by atoms with Crippen LogP contribution in [0, 0.1) is 4.77 Å². The number of nitrogens with one attached hydrogen (secondary N) is 1. The largest absolute Gasteiger partial charge is 0.493 e. The summed E-state index contributed by atoms with van der Waals surface area (Å²) in [5.74, 6) is 5.12. The Labute approximate surface area is 137 Å². The molecule has 1 fully saturated rings. The number of hydrogen-bond donors (Lipinski definition) is 1. The molecule has 2 heterocycles. The number of hydrogen-bond acceptors (Lipinski definition) is 5. The fourth-order valence-corrected chi connectivity index (χ4v) is 5.45. The highest BCUT2D eigenvalue weighted by Gasteiger charge is 2.18. The minimum atomic E-state index is 0.613. The maximum absolute atomic E-state index is 5.49. The number of nitrogens with zero attached hydrogens (tertiary/aromatic N) is 1. The maximum atomic E-state index is 5.49. The van der Waals surface area contributed by atoms with Crippen LogP contribution >= 0.6 is 35.7 Å². The molecule has 2 aromatic rings. The molecule has 0 aliphatic carbocycles.